The summed E-state index contributed by atoms with van der Waals surface area (Å²) in [5.41, 5.74) is 1.90. The number of carbonyl (C=O) groups is 2. The number of hydrogen-bond acceptors (Lipinski definition) is 5. The molecule has 0 aliphatic rings. The average Bonchev–Trinajstić information content (AvgIpc) is 2.75. The van der Waals surface area contributed by atoms with Gasteiger partial charge in [0.05, 0.1) is 0 Å². The Hall–Kier alpha value is -1.76. The molecule has 0 N–H and O–H groups in total. The predicted octanol–water partition coefficient (Wildman–Crippen LogP) is 7.04. The summed E-state index contributed by atoms with van der Waals surface area (Å²) in [7, 11) is -0.242. The average molecular weight is 491 g/mol. The molecule has 6 heteroatoms. The Morgan fingerprint density at radius 1 is 1.09 bits per heavy atom. The van der Waals surface area contributed by atoms with E-state index in [4.69, 9.17) is 13.9 Å². The molecule has 5 nitrogen and oxygen atoms in total. The normalized spacial score (nSPS) is 15.5. The molecule has 3 atom stereocenters. The number of carbonyl (C=O) groups excluding carboxylic acids is 2. The second kappa shape index (κ2) is 14.0. The zero-order valence-corrected chi connectivity index (χ0v) is 23.8. The van der Waals surface area contributed by atoms with E-state index in [1.807, 2.05) is 24.3 Å². The summed E-state index contributed by atoms with van der Waals surface area (Å²) in [6, 6.07) is 9.16. The van der Waals surface area contributed by atoms with Gasteiger partial charge in [0.25, 0.3) is 0 Å². The van der Waals surface area contributed by atoms with Crippen molar-refractivity contribution in [2.45, 2.75) is 97.6 Å². The zero-order valence-electron chi connectivity index (χ0n) is 22.8. The van der Waals surface area contributed by atoms with Gasteiger partial charge in [0, 0.05) is 20.1 Å². The molecule has 0 radical (unpaired) electrons. The van der Waals surface area contributed by atoms with Crippen molar-refractivity contribution < 1.29 is 23.5 Å². The SMILES string of the molecule is CO[C@@H](C(=O)O[C@@H](C/C=C(/C)CCC[C@H](C)CO[Si](C)(C)C(C)(C)C)C(C)=O)c1ccccc1. The second-order valence-corrected chi connectivity index (χ2v) is 15.7. The minimum atomic E-state index is -1.70. The van der Waals surface area contributed by atoms with Crippen molar-refractivity contribution in [2.75, 3.05) is 13.7 Å². The number of esters is 1. The Morgan fingerprint density at radius 3 is 2.24 bits per heavy atom. The smallest absolute Gasteiger partial charge is 0.340 e. The van der Waals surface area contributed by atoms with Gasteiger partial charge in [-0.25, -0.2) is 4.79 Å². The van der Waals surface area contributed by atoms with Gasteiger partial charge in [-0.05, 0) is 62.7 Å². The number of allylic oxidation sites excluding steroid dienone is 1. The molecule has 1 rings (SSSR count). The standard InChI is InChI=1S/C28H46O5Si/c1-21(14-13-15-22(2)20-32-34(8,9)28(4,5)6)18-19-25(23(3)29)33-27(30)26(31-7)24-16-11-10-12-17-24/h10-12,16-18,22,25-26H,13-15,19-20H2,1-9H3/b21-18-/t22-,25-,26+/m0/s1. The lowest BCUT2D eigenvalue weighted by Crippen LogP contribution is -2.41. The molecule has 34 heavy (non-hydrogen) atoms. The van der Waals surface area contributed by atoms with Crippen LogP contribution in [0.1, 0.15) is 78.9 Å². The van der Waals surface area contributed by atoms with Gasteiger partial charge in [-0.15, -0.1) is 0 Å². The maximum atomic E-state index is 12.6. The van der Waals surface area contributed by atoms with Crippen LogP contribution in [0.15, 0.2) is 42.0 Å². The number of methoxy groups -OCH3 is 1. The Morgan fingerprint density at radius 2 is 1.71 bits per heavy atom. The van der Waals surface area contributed by atoms with Crippen LogP contribution >= 0.6 is 0 Å². The summed E-state index contributed by atoms with van der Waals surface area (Å²) in [5, 5.41) is 0.229. The third-order valence-corrected chi connectivity index (χ3v) is 11.2. The minimum Gasteiger partial charge on any atom is -0.452 e. The maximum Gasteiger partial charge on any atom is 0.340 e. The number of rotatable bonds is 14. The molecule has 0 spiro atoms. The van der Waals surface area contributed by atoms with Gasteiger partial charge >= 0.3 is 5.97 Å². The zero-order chi connectivity index (χ0) is 25.9. The van der Waals surface area contributed by atoms with Crippen molar-refractivity contribution in [3.8, 4) is 0 Å². The van der Waals surface area contributed by atoms with Gasteiger partial charge < -0.3 is 13.9 Å². The van der Waals surface area contributed by atoms with E-state index in [9.17, 15) is 9.59 Å². The van der Waals surface area contributed by atoms with E-state index in [0.717, 1.165) is 25.9 Å². The van der Waals surface area contributed by atoms with E-state index in [2.05, 4.69) is 47.7 Å². The third-order valence-electron chi connectivity index (χ3n) is 6.75. The van der Waals surface area contributed by atoms with Crippen LogP contribution in [0.2, 0.25) is 18.1 Å². The fraction of sp³-hybridized carbons (Fsp3) is 0.643. The topological polar surface area (TPSA) is 61.8 Å². The Kier molecular flexibility index (Phi) is 12.4. The third kappa shape index (κ3) is 10.2. The van der Waals surface area contributed by atoms with Crippen LogP contribution in [0, 0.1) is 5.92 Å². The highest BCUT2D eigenvalue weighted by atomic mass is 28.4. The largest absolute Gasteiger partial charge is 0.452 e. The molecule has 0 fully saturated rings. The Balaban J connectivity index is 2.53. The van der Waals surface area contributed by atoms with Crippen molar-refractivity contribution >= 4 is 20.1 Å². The summed E-state index contributed by atoms with van der Waals surface area (Å²) >= 11 is 0. The molecule has 0 heterocycles. The number of ether oxygens (including phenoxy) is 2. The first-order valence-electron chi connectivity index (χ1n) is 12.4. The van der Waals surface area contributed by atoms with Crippen molar-refractivity contribution in [1.29, 1.82) is 0 Å². The van der Waals surface area contributed by atoms with Crippen LogP contribution in [-0.2, 0) is 23.5 Å². The summed E-state index contributed by atoms with van der Waals surface area (Å²) in [6.07, 6.45) is 3.85. The van der Waals surface area contributed by atoms with Gasteiger partial charge in [0.15, 0.2) is 26.3 Å². The molecule has 0 aromatic heterocycles. The van der Waals surface area contributed by atoms with Crippen LogP contribution in [0.5, 0.6) is 0 Å². The van der Waals surface area contributed by atoms with Gasteiger partial charge in [0.1, 0.15) is 0 Å². The molecule has 0 saturated heterocycles. The highest BCUT2D eigenvalue weighted by molar-refractivity contribution is 6.74. The lowest BCUT2D eigenvalue weighted by Gasteiger charge is -2.37. The van der Waals surface area contributed by atoms with Crippen LogP contribution in [0.25, 0.3) is 0 Å². The molecule has 0 unspecified atom stereocenters. The van der Waals surface area contributed by atoms with Gasteiger partial charge in [-0.3, -0.25) is 4.79 Å². The van der Waals surface area contributed by atoms with E-state index in [-0.39, 0.29) is 10.8 Å². The first kappa shape index (κ1) is 30.3. The Labute approximate surface area is 208 Å². The van der Waals surface area contributed by atoms with Crippen molar-refractivity contribution in [2.24, 2.45) is 5.92 Å². The number of Topliss-reactive ketones (excluding diaryl/α,β-unsaturated/α-hetero) is 1. The first-order chi connectivity index (χ1) is 15.8. The van der Waals surface area contributed by atoms with Crippen molar-refractivity contribution in [3.63, 3.8) is 0 Å². The van der Waals surface area contributed by atoms with E-state index in [1.54, 1.807) is 12.1 Å². The van der Waals surface area contributed by atoms with Crippen molar-refractivity contribution in [3.05, 3.63) is 47.5 Å². The van der Waals surface area contributed by atoms with E-state index >= 15 is 0 Å². The molecule has 0 aliphatic carbocycles. The first-order valence-corrected chi connectivity index (χ1v) is 15.3. The summed E-state index contributed by atoms with van der Waals surface area (Å²) in [5.74, 6) is -0.205. The fourth-order valence-electron chi connectivity index (χ4n) is 3.29. The van der Waals surface area contributed by atoms with E-state index in [1.165, 1.54) is 19.6 Å². The lowest BCUT2D eigenvalue weighted by molar-refractivity contribution is -0.164. The molecule has 0 amide bonds. The summed E-state index contributed by atoms with van der Waals surface area (Å²) < 4.78 is 17.2. The summed E-state index contributed by atoms with van der Waals surface area (Å²) in [6.45, 7) is 18.0. The minimum absolute atomic E-state index is 0.170. The molecule has 1 aromatic rings. The number of hydrogen-bond donors (Lipinski definition) is 0. The van der Waals surface area contributed by atoms with E-state index in [0.29, 0.717) is 17.9 Å². The molecule has 192 valence electrons. The molecule has 0 saturated carbocycles. The highest BCUT2D eigenvalue weighted by Crippen LogP contribution is 2.37. The van der Waals surface area contributed by atoms with Gasteiger partial charge in [-0.1, -0.05) is 69.7 Å². The number of benzene rings is 1. The van der Waals surface area contributed by atoms with Crippen LogP contribution < -0.4 is 0 Å². The maximum absolute atomic E-state index is 12.6. The Bertz CT molecular complexity index is 795. The van der Waals surface area contributed by atoms with Gasteiger partial charge in [0.2, 0.25) is 0 Å². The highest BCUT2D eigenvalue weighted by Gasteiger charge is 2.37. The van der Waals surface area contributed by atoms with Crippen LogP contribution in [0.3, 0.4) is 0 Å². The van der Waals surface area contributed by atoms with Gasteiger partial charge in [-0.2, -0.15) is 0 Å². The molecule has 0 bridgehead atoms. The van der Waals surface area contributed by atoms with Crippen molar-refractivity contribution in [1.82, 2.24) is 0 Å². The molecule has 1 aromatic carbocycles. The predicted molar refractivity (Wildman–Crippen MR) is 141 cm³/mol. The molecule has 0 aliphatic heterocycles. The lowest BCUT2D eigenvalue weighted by atomic mass is 10.0. The number of ketones is 1. The monoisotopic (exact) mass is 490 g/mol. The fourth-order valence-corrected chi connectivity index (χ4v) is 4.42. The quantitative estimate of drug-likeness (QED) is 0.159. The molecular formula is C28H46O5Si. The second-order valence-electron chi connectivity index (χ2n) is 10.9. The van der Waals surface area contributed by atoms with E-state index < -0.39 is 26.5 Å². The molecular weight excluding hydrogens is 444 g/mol. The van der Waals surface area contributed by atoms with Crippen LogP contribution in [-0.4, -0.2) is 39.9 Å². The van der Waals surface area contributed by atoms with Crippen LogP contribution in [0.4, 0.5) is 0 Å². The summed E-state index contributed by atoms with van der Waals surface area (Å²) in [4.78, 5) is 24.8.